The summed E-state index contributed by atoms with van der Waals surface area (Å²) in [5, 5.41) is 3.47. The molecule has 1 N–H and O–H groups in total. The van der Waals surface area contributed by atoms with Crippen LogP contribution in [0.2, 0.25) is 0 Å². The van der Waals surface area contributed by atoms with Gasteiger partial charge in [-0.3, -0.25) is 10.1 Å². The zero-order valence-corrected chi connectivity index (χ0v) is 16.7. The van der Waals surface area contributed by atoms with Gasteiger partial charge < -0.3 is 4.74 Å². The number of amides is 1. The van der Waals surface area contributed by atoms with Crippen molar-refractivity contribution < 1.29 is 9.53 Å². The SMILES string of the molecule is CCOc1ccccc1/C=C/C(=O)Nc1nc2ccc(C(C)CC)cc2s1. The van der Waals surface area contributed by atoms with E-state index in [4.69, 9.17) is 4.74 Å². The molecule has 0 aliphatic rings. The molecule has 3 aromatic rings. The number of fused-ring (bicyclic) bond motifs is 1. The average molecular weight is 381 g/mol. The van der Waals surface area contributed by atoms with Crippen molar-refractivity contribution in [3.8, 4) is 5.75 Å². The quantitative estimate of drug-likeness (QED) is 0.522. The number of hydrogen-bond acceptors (Lipinski definition) is 4. The number of thiazole rings is 1. The summed E-state index contributed by atoms with van der Waals surface area (Å²) in [4.78, 5) is 16.8. The Labute approximate surface area is 163 Å². The first-order valence-electron chi connectivity index (χ1n) is 9.22. The van der Waals surface area contributed by atoms with Crippen LogP contribution in [0.15, 0.2) is 48.5 Å². The third-order valence-corrected chi connectivity index (χ3v) is 5.39. The Morgan fingerprint density at radius 1 is 1.26 bits per heavy atom. The fourth-order valence-electron chi connectivity index (χ4n) is 2.75. The maximum absolute atomic E-state index is 12.3. The number of para-hydroxylation sites is 1. The molecule has 3 rings (SSSR count). The number of rotatable bonds is 7. The first-order chi connectivity index (χ1) is 13.1. The van der Waals surface area contributed by atoms with Gasteiger partial charge in [-0.1, -0.05) is 49.4 Å². The standard InChI is InChI=1S/C22H24N2O2S/c1-4-15(3)17-10-12-18-20(14-17)27-22(23-18)24-21(25)13-11-16-8-6-7-9-19(16)26-5-2/h6-15H,4-5H2,1-3H3,(H,23,24,25)/b13-11+. The van der Waals surface area contributed by atoms with Crippen LogP contribution in [0.4, 0.5) is 5.13 Å². The molecule has 0 fully saturated rings. The van der Waals surface area contributed by atoms with Crippen LogP contribution < -0.4 is 10.1 Å². The van der Waals surface area contributed by atoms with Crippen molar-refractivity contribution in [3.63, 3.8) is 0 Å². The second-order valence-corrected chi connectivity index (χ2v) is 7.38. The Hall–Kier alpha value is -2.66. The van der Waals surface area contributed by atoms with Crippen LogP contribution in [0.5, 0.6) is 5.75 Å². The lowest BCUT2D eigenvalue weighted by Crippen LogP contribution is -2.07. The fraction of sp³-hybridized carbons (Fsp3) is 0.273. The Bertz CT molecular complexity index is 962. The van der Waals surface area contributed by atoms with Crippen LogP contribution in [0, 0.1) is 0 Å². The molecular weight excluding hydrogens is 356 g/mol. The Morgan fingerprint density at radius 3 is 2.85 bits per heavy atom. The minimum absolute atomic E-state index is 0.206. The van der Waals surface area contributed by atoms with E-state index in [1.165, 1.54) is 23.0 Å². The number of hydrogen-bond donors (Lipinski definition) is 1. The molecule has 0 bridgehead atoms. The molecule has 1 heterocycles. The highest BCUT2D eigenvalue weighted by Gasteiger charge is 2.09. The van der Waals surface area contributed by atoms with E-state index in [2.05, 4.69) is 36.3 Å². The molecule has 1 atom stereocenters. The lowest BCUT2D eigenvalue weighted by atomic mass is 9.99. The van der Waals surface area contributed by atoms with E-state index in [9.17, 15) is 4.79 Å². The second-order valence-electron chi connectivity index (χ2n) is 6.35. The van der Waals surface area contributed by atoms with Crippen LogP contribution in [0.3, 0.4) is 0 Å². The number of carbonyl (C=O) groups excluding carboxylic acids is 1. The molecule has 0 saturated carbocycles. The Kier molecular flexibility index (Phi) is 6.24. The molecule has 140 valence electrons. The lowest BCUT2D eigenvalue weighted by molar-refractivity contribution is -0.111. The summed E-state index contributed by atoms with van der Waals surface area (Å²) in [7, 11) is 0. The highest BCUT2D eigenvalue weighted by Crippen LogP contribution is 2.30. The van der Waals surface area contributed by atoms with E-state index >= 15 is 0 Å². The van der Waals surface area contributed by atoms with Gasteiger partial charge in [0.1, 0.15) is 5.75 Å². The first kappa shape index (κ1) is 19.1. The highest BCUT2D eigenvalue weighted by atomic mass is 32.1. The molecule has 0 saturated heterocycles. The van der Waals surface area contributed by atoms with Gasteiger partial charge in [-0.25, -0.2) is 4.98 Å². The predicted octanol–water partition coefficient (Wildman–Crippen LogP) is 5.86. The van der Waals surface area contributed by atoms with E-state index < -0.39 is 0 Å². The lowest BCUT2D eigenvalue weighted by Gasteiger charge is -2.07. The molecule has 0 spiro atoms. The van der Waals surface area contributed by atoms with E-state index in [-0.39, 0.29) is 5.91 Å². The molecule has 2 aromatic carbocycles. The second kappa shape index (κ2) is 8.82. The molecule has 27 heavy (non-hydrogen) atoms. The molecule has 0 aliphatic heterocycles. The van der Waals surface area contributed by atoms with Crippen molar-refractivity contribution in [2.24, 2.45) is 0 Å². The number of aromatic nitrogens is 1. The van der Waals surface area contributed by atoms with Crippen LogP contribution in [-0.2, 0) is 4.79 Å². The monoisotopic (exact) mass is 380 g/mol. The van der Waals surface area contributed by atoms with Gasteiger partial charge in [0.05, 0.1) is 16.8 Å². The van der Waals surface area contributed by atoms with Crippen molar-refractivity contribution in [1.29, 1.82) is 0 Å². The van der Waals surface area contributed by atoms with Crippen LogP contribution >= 0.6 is 11.3 Å². The molecule has 0 aliphatic carbocycles. The van der Waals surface area contributed by atoms with Gasteiger partial charge in [-0.2, -0.15) is 0 Å². The van der Waals surface area contributed by atoms with Crippen LogP contribution in [0.1, 0.15) is 44.2 Å². The third-order valence-electron chi connectivity index (χ3n) is 4.46. The van der Waals surface area contributed by atoms with Gasteiger partial charge in [0.15, 0.2) is 5.13 Å². The molecule has 1 unspecified atom stereocenters. The van der Waals surface area contributed by atoms with E-state index in [0.717, 1.165) is 28.0 Å². The van der Waals surface area contributed by atoms with Crippen molar-refractivity contribution in [2.75, 3.05) is 11.9 Å². The number of benzene rings is 2. The van der Waals surface area contributed by atoms with Crippen molar-refractivity contribution in [2.45, 2.75) is 33.1 Å². The molecular formula is C22H24N2O2S. The van der Waals surface area contributed by atoms with Gasteiger partial charge in [-0.05, 0) is 49.1 Å². The number of nitrogens with one attached hydrogen (secondary N) is 1. The van der Waals surface area contributed by atoms with E-state index in [0.29, 0.717) is 17.7 Å². The average Bonchev–Trinajstić information content (AvgIpc) is 3.08. The molecule has 1 amide bonds. The minimum Gasteiger partial charge on any atom is -0.493 e. The molecule has 5 heteroatoms. The van der Waals surface area contributed by atoms with Crippen LogP contribution in [0.25, 0.3) is 16.3 Å². The molecule has 0 radical (unpaired) electrons. The number of ether oxygens (including phenoxy) is 1. The van der Waals surface area contributed by atoms with Gasteiger partial charge >= 0.3 is 0 Å². The van der Waals surface area contributed by atoms with Crippen molar-refractivity contribution in [3.05, 3.63) is 59.7 Å². The number of carbonyl (C=O) groups is 1. The summed E-state index contributed by atoms with van der Waals surface area (Å²) >= 11 is 1.50. The summed E-state index contributed by atoms with van der Waals surface area (Å²) in [5.74, 6) is 1.08. The summed E-state index contributed by atoms with van der Waals surface area (Å²) < 4.78 is 6.67. The summed E-state index contributed by atoms with van der Waals surface area (Å²) in [6.07, 6.45) is 4.37. The third kappa shape index (κ3) is 4.74. The Balaban J connectivity index is 1.72. The zero-order chi connectivity index (χ0) is 19.2. The first-order valence-corrected chi connectivity index (χ1v) is 10.0. The molecule has 4 nitrogen and oxygen atoms in total. The van der Waals surface area contributed by atoms with Crippen molar-refractivity contribution in [1.82, 2.24) is 4.98 Å². The molecule has 1 aromatic heterocycles. The maximum Gasteiger partial charge on any atom is 0.250 e. The van der Waals surface area contributed by atoms with Crippen molar-refractivity contribution >= 4 is 38.7 Å². The number of nitrogens with zero attached hydrogens (tertiary/aromatic N) is 1. The van der Waals surface area contributed by atoms with Crippen LogP contribution in [-0.4, -0.2) is 17.5 Å². The summed E-state index contributed by atoms with van der Waals surface area (Å²) in [6, 6.07) is 14.0. The summed E-state index contributed by atoms with van der Waals surface area (Å²) in [5.41, 5.74) is 3.09. The van der Waals surface area contributed by atoms with Gasteiger partial charge in [0.2, 0.25) is 5.91 Å². The Morgan fingerprint density at radius 2 is 2.07 bits per heavy atom. The minimum atomic E-state index is -0.206. The smallest absolute Gasteiger partial charge is 0.250 e. The normalized spacial score (nSPS) is 12.4. The van der Waals surface area contributed by atoms with E-state index in [1.54, 1.807) is 6.08 Å². The predicted molar refractivity (Wildman–Crippen MR) is 114 cm³/mol. The largest absolute Gasteiger partial charge is 0.493 e. The zero-order valence-electron chi connectivity index (χ0n) is 15.9. The number of anilines is 1. The van der Waals surface area contributed by atoms with Gasteiger partial charge in [-0.15, -0.1) is 0 Å². The van der Waals surface area contributed by atoms with Gasteiger partial charge in [0.25, 0.3) is 0 Å². The summed E-state index contributed by atoms with van der Waals surface area (Å²) in [6.45, 7) is 6.92. The topological polar surface area (TPSA) is 51.2 Å². The highest BCUT2D eigenvalue weighted by molar-refractivity contribution is 7.22. The fourth-order valence-corrected chi connectivity index (χ4v) is 3.67. The van der Waals surface area contributed by atoms with Gasteiger partial charge in [0, 0.05) is 11.6 Å². The van der Waals surface area contributed by atoms with E-state index in [1.807, 2.05) is 37.3 Å². The maximum atomic E-state index is 12.3.